The maximum absolute atomic E-state index is 12.5. The van der Waals surface area contributed by atoms with E-state index in [4.69, 9.17) is 0 Å². The zero-order valence-corrected chi connectivity index (χ0v) is 13.8. The Hall–Kier alpha value is -2.83. The third kappa shape index (κ3) is 4.22. The minimum atomic E-state index is -4.47. The van der Waals surface area contributed by atoms with E-state index in [1.165, 1.54) is 0 Å². The first-order chi connectivity index (χ1) is 12.3. The summed E-state index contributed by atoms with van der Waals surface area (Å²) in [5, 5.41) is 2.76. The summed E-state index contributed by atoms with van der Waals surface area (Å²) in [6.07, 6.45) is -4.68. The Balaban J connectivity index is 1.73. The summed E-state index contributed by atoms with van der Waals surface area (Å²) in [5.74, 6) is -1.90. The van der Waals surface area contributed by atoms with Crippen molar-refractivity contribution in [2.24, 2.45) is 5.92 Å². The van der Waals surface area contributed by atoms with Crippen LogP contribution in [-0.2, 0) is 9.59 Å². The quantitative estimate of drug-likeness (QED) is 0.902. The van der Waals surface area contributed by atoms with Crippen LogP contribution in [0.5, 0.6) is 0 Å². The van der Waals surface area contributed by atoms with E-state index < -0.39 is 30.5 Å². The number of rotatable bonds is 4. The molecule has 0 saturated carbocycles. The van der Waals surface area contributed by atoms with E-state index in [-0.39, 0.29) is 13.0 Å². The topological polar surface area (TPSA) is 49.4 Å². The van der Waals surface area contributed by atoms with Crippen molar-refractivity contribution in [1.29, 1.82) is 0 Å². The van der Waals surface area contributed by atoms with Gasteiger partial charge >= 0.3 is 6.18 Å². The summed E-state index contributed by atoms with van der Waals surface area (Å²) in [7, 11) is 0. The second-order valence-corrected chi connectivity index (χ2v) is 6.19. The van der Waals surface area contributed by atoms with Crippen molar-refractivity contribution in [3.8, 4) is 11.1 Å². The molecule has 1 aliphatic rings. The van der Waals surface area contributed by atoms with Crippen LogP contribution in [-0.4, -0.2) is 36.0 Å². The molecular formula is C19H17F3N2O2. The van der Waals surface area contributed by atoms with Gasteiger partial charge in [-0.15, -0.1) is 0 Å². The van der Waals surface area contributed by atoms with Gasteiger partial charge in [0.2, 0.25) is 11.8 Å². The highest BCUT2D eigenvalue weighted by atomic mass is 19.4. The van der Waals surface area contributed by atoms with Crippen LogP contribution >= 0.6 is 0 Å². The summed E-state index contributed by atoms with van der Waals surface area (Å²) < 4.78 is 37.5. The molecule has 1 N–H and O–H groups in total. The molecule has 136 valence electrons. The van der Waals surface area contributed by atoms with Crippen molar-refractivity contribution in [2.75, 3.05) is 18.4 Å². The maximum Gasteiger partial charge on any atom is 0.406 e. The van der Waals surface area contributed by atoms with Gasteiger partial charge in [-0.3, -0.25) is 9.59 Å². The van der Waals surface area contributed by atoms with Crippen LogP contribution in [0.1, 0.15) is 6.42 Å². The van der Waals surface area contributed by atoms with Gasteiger partial charge in [-0.1, -0.05) is 48.5 Å². The zero-order valence-electron chi connectivity index (χ0n) is 13.8. The lowest BCUT2D eigenvalue weighted by molar-refractivity contribution is -0.157. The van der Waals surface area contributed by atoms with E-state index in [9.17, 15) is 22.8 Å². The van der Waals surface area contributed by atoms with Gasteiger partial charge in [0.25, 0.3) is 0 Å². The number of para-hydroxylation sites is 1. The summed E-state index contributed by atoms with van der Waals surface area (Å²) in [6.45, 7) is -1.55. The zero-order chi connectivity index (χ0) is 18.7. The number of benzene rings is 2. The Morgan fingerprint density at radius 2 is 1.73 bits per heavy atom. The van der Waals surface area contributed by atoms with Gasteiger partial charge < -0.3 is 10.2 Å². The maximum atomic E-state index is 12.5. The molecule has 1 fully saturated rings. The lowest BCUT2D eigenvalue weighted by Gasteiger charge is -2.18. The predicted molar refractivity (Wildman–Crippen MR) is 91.2 cm³/mol. The Labute approximate surface area is 148 Å². The lowest BCUT2D eigenvalue weighted by Crippen LogP contribution is -2.36. The minimum Gasteiger partial charge on any atom is -0.333 e. The molecule has 1 heterocycles. The second-order valence-electron chi connectivity index (χ2n) is 6.19. The van der Waals surface area contributed by atoms with Gasteiger partial charge in [0.05, 0.1) is 5.92 Å². The smallest absolute Gasteiger partial charge is 0.333 e. The van der Waals surface area contributed by atoms with Crippen LogP contribution in [0.15, 0.2) is 54.6 Å². The average Bonchev–Trinajstić information content (AvgIpc) is 2.95. The largest absolute Gasteiger partial charge is 0.406 e. The van der Waals surface area contributed by atoms with Crippen molar-refractivity contribution in [2.45, 2.75) is 12.6 Å². The molecule has 1 aliphatic heterocycles. The third-order valence-electron chi connectivity index (χ3n) is 4.23. The highest BCUT2D eigenvalue weighted by Gasteiger charge is 2.40. The number of hydrogen-bond acceptors (Lipinski definition) is 2. The number of halogens is 3. The van der Waals surface area contributed by atoms with Gasteiger partial charge in [0, 0.05) is 24.2 Å². The van der Waals surface area contributed by atoms with Crippen molar-refractivity contribution in [3.63, 3.8) is 0 Å². The minimum absolute atomic E-state index is 0.213. The van der Waals surface area contributed by atoms with Gasteiger partial charge in [0.1, 0.15) is 6.54 Å². The first kappa shape index (κ1) is 18.0. The van der Waals surface area contributed by atoms with E-state index >= 15 is 0 Å². The van der Waals surface area contributed by atoms with Gasteiger partial charge in [-0.05, 0) is 11.6 Å². The highest BCUT2D eigenvalue weighted by Crippen LogP contribution is 2.29. The molecule has 2 aromatic carbocycles. The third-order valence-corrected chi connectivity index (χ3v) is 4.23. The number of carbonyl (C=O) groups excluding carboxylic acids is 2. The molecule has 26 heavy (non-hydrogen) atoms. The molecule has 0 aromatic heterocycles. The first-order valence-electron chi connectivity index (χ1n) is 8.13. The number of anilines is 1. The molecule has 2 amide bonds. The van der Waals surface area contributed by atoms with Crippen molar-refractivity contribution in [1.82, 2.24) is 4.90 Å². The van der Waals surface area contributed by atoms with E-state index in [2.05, 4.69) is 5.32 Å². The molecule has 3 rings (SSSR count). The molecule has 1 atom stereocenters. The van der Waals surface area contributed by atoms with Crippen LogP contribution in [0.3, 0.4) is 0 Å². The van der Waals surface area contributed by atoms with E-state index in [0.29, 0.717) is 10.6 Å². The van der Waals surface area contributed by atoms with E-state index in [0.717, 1.165) is 11.1 Å². The van der Waals surface area contributed by atoms with E-state index in [1.807, 2.05) is 42.5 Å². The second kappa shape index (κ2) is 7.19. The molecule has 4 nitrogen and oxygen atoms in total. The van der Waals surface area contributed by atoms with Gasteiger partial charge in [-0.2, -0.15) is 13.2 Å². The number of alkyl halides is 3. The molecule has 2 aromatic rings. The molecular weight excluding hydrogens is 345 g/mol. The average molecular weight is 362 g/mol. The predicted octanol–water partition coefficient (Wildman–Crippen LogP) is 3.70. The van der Waals surface area contributed by atoms with Crippen molar-refractivity contribution >= 4 is 17.5 Å². The van der Waals surface area contributed by atoms with Crippen LogP contribution in [0.4, 0.5) is 18.9 Å². The van der Waals surface area contributed by atoms with Crippen LogP contribution in [0.25, 0.3) is 11.1 Å². The summed E-state index contributed by atoms with van der Waals surface area (Å²) in [6, 6.07) is 16.6. The number of likely N-dealkylation sites (tertiary alicyclic amines) is 1. The van der Waals surface area contributed by atoms with Gasteiger partial charge in [0.15, 0.2) is 0 Å². The Morgan fingerprint density at radius 3 is 2.42 bits per heavy atom. The summed E-state index contributed by atoms with van der Waals surface area (Å²) in [4.78, 5) is 24.9. The van der Waals surface area contributed by atoms with Crippen LogP contribution in [0, 0.1) is 5.92 Å². The molecule has 1 unspecified atom stereocenters. The molecule has 7 heteroatoms. The first-order valence-corrected chi connectivity index (χ1v) is 8.13. The van der Waals surface area contributed by atoms with Crippen LogP contribution in [0.2, 0.25) is 0 Å². The molecule has 0 aliphatic carbocycles. The molecule has 1 saturated heterocycles. The lowest BCUT2D eigenvalue weighted by atomic mass is 10.0. The van der Waals surface area contributed by atoms with Gasteiger partial charge in [-0.25, -0.2) is 0 Å². The summed E-state index contributed by atoms with van der Waals surface area (Å²) >= 11 is 0. The Morgan fingerprint density at radius 1 is 1.08 bits per heavy atom. The Bertz CT molecular complexity index is 806. The number of hydrogen-bond donors (Lipinski definition) is 1. The number of carbonyl (C=O) groups is 2. The molecule has 0 spiro atoms. The number of nitrogens with one attached hydrogen (secondary N) is 1. The molecule has 0 radical (unpaired) electrons. The Kier molecular flexibility index (Phi) is 4.97. The monoisotopic (exact) mass is 362 g/mol. The highest BCUT2D eigenvalue weighted by molar-refractivity contribution is 5.99. The number of amides is 2. The van der Waals surface area contributed by atoms with E-state index in [1.54, 1.807) is 12.1 Å². The fourth-order valence-electron chi connectivity index (χ4n) is 3.01. The summed E-state index contributed by atoms with van der Waals surface area (Å²) in [5.41, 5.74) is 2.27. The number of nitrogens with zero attached hydrogens (tertiary/aromatic N) is 1. The normalized spacial score (nSPS) is 17.4. The van der Waals surface area contributed by atoms with Crippen molar-refractivity contribution < 1.29 is 22.8 Å². The standard InChI is InChI=1S/C19H17F3N2O2/c20-19(21,22)12-24-11-14(10-17(24)25)18(26)23-16-9-5-4-8-15(16)13-6-2-1-3-7-13/h1-9,14H,10-12H2,(H,23,26). The van der Waals surface area contributed by atoms with Crippen molar-refractivity contribution in [3.05, 3.63) is 54.6 Å². The fraction of sp³-hybridized carbons (Fsp3) is 0.263. The van der Waals surface area contributed by atoms with Crippen LogP contribution < -0.4 is 5.32 Å². The fourth-order valence-corrected chi connectivity index (χ4v) is 3.01. The SMILES string of the molecule is O=C(Nc1ccccc1-c1ccccc1)C1CC(=O)N(CC(F)(F)F)C1. The molecule has 0 bridgehead atoms.